The molecule has 88 valence electrons. The van der Waals surface area contributed by atoms with Crippen molar-refractivity contribution in [3.63, 3.8) is 0 Å². The van der Waals surface area contributed by atoms with Crippen molar-refractivity contribution >= 4 is 17.3 Å². The first-order valence-corrected chi connectivity index (χ1v) is 5.88. The van der Waals surface area contributed by atoms with Crippen LogP contribution in [0, 0.1) is 5.92 Å². The van der Waals surface area contributed by atoms with Crippen LogP contribution >= 0.6 is 11.6 Å². The van der Waals surface area contributed by atoms with Crippen molar-refractivity contribution in [2.75, 3.05) is 32.5 Å². The Labute approximate surface area is 101 Å². The third-order valence-corrected chi connectivity index (χ3v) is 3.09. The lowest BCUT2D eigenvalue weighted by molar-refractivity contribution is 0.249. The maximum atomic E-state index is 5.90. The first kappa shape index (κ1) is 11.6. The number of likely N-dealkylation sites (tertiary alicyclic amines) is 1. The van der Waals surface area contributed by atoms with Crippen molar-refractivity contribution < 1.29 is 4.74 Å². The SMILES string of the molecule is CN1CCC(COc2cc(N)cc(Cl)c2)C1. The van der Waals surface area contributed by atoms with Gasteiger partial charge in [0.05, 0.1) is 6.61 Å². The Kier molecular flexibility index (Phi) is 3.56. The lowest BCUT2D eigenvalue weighted by atomic mass is 10.1. The molecule has 1 unspecified atom stereocenters. The summed E-state index contributed by atoms with van der Waals surface area (Å²) in [5, 5.41) is 0.624. The minimum absolute atomic E-state index is 0.616. The third-order valence-electron chi connectivity index (χ3n) is 2.87. The summed E-state index contributed by atoms with van der Waals surface area (Å²) in [6.45, 7) is 3.01. The standard InChI is InChI=1S/C12H17ClN2O/c1-15-3-2-9(7-15)8-16-12-5-10(13)4-11(14)6-12/h4-6,9H,2-3,7-8,14H2,1H3. The van der Waals surface area contributed by atoms with Crippen molar-refractivity contribution in [1.29, 1.82) is 0 Å². The van der Waals surface area contributed by atoms with Gasteiger partial charge in [0.1, 0.15) is 5.75 Å². The van der Waals surface area contributed by atoms with Gasteiger partial charge in [0.25, 0.3) is 0 Å². The molecule has 1 aliphatic heterocycles. The number of hydrogen-bond donors (Lipinski definition) is 1. The zero-order valence-electron chi connectivity index (χ0n) is 9.45. The summed E-state index contributed by atoms with van der Waals surface area (Å²) >= 11 is 5.90. The second-order valence-corrected chi connectivity index (χ2v) is 4.88. The van der Waals surface area contributed by atoms with Crippen LogP contribution in [-0.4, -0.2) is 31.6 Å². The van der Waals surface area contributed by atoms with Crippen LogP contribution in [-0.2, 0) is 0 Å². The summed E-state index contributed by atoms with van der Waals surface area (Å²) in [5.74, 6) is 1.38. The number of nitrogen functional groups attached to an aromatic ring is 1. The van der Waals surface area contributed by atoms with E-state index >= 15 is 0 Å². The fourth-order valence-electron chi connectivity index (χ4n) is 2.04. The molecule has 1 aliphatic rings. The summed E-state index contributed by atoms with van der Waals surface area (Å²) in [7, 11) is 2.14. The van der Waals surface area contributed by atoms with E-state index in [4.69, 9.17) is 22.1 Å². The number of halogens is 1. The molecule has 2 N–H and O–H groups in total. The fraction of sp³-hybridized carbons (Fsp3) is 0.500. The van der Waals surface area contributed by atoms with E-state index < -0.39 is 0 Å². The molecule has 1 fully saturated rings. The van der Waals surface area contributed by atoms with Crippen LogP contribution in [0.25, 0.3) is 0 Å². The van der Waals surface area contributed by atoms with Crippen LogP contribution < -0.4 is 10.5 Å². The molecule has 1 aromatic carbocycles. The van der Waals surface area contributed by atoms with E-state index in [1.54, 1.807) is 12.1 Å². The topological polar surface area (TPSA) is 38.5 Å². The normalized spacial score (nSPS) is 21.2. The maximum Gasteiger partial charge on any atom is 0.122 e. The number of anilines is 1. The Morgan fingerprint density at radius 1 is 1.50 bits per heavy atom. The van der Waals surface area contributed by atoms with Gasteiger partial charge in [-0.15, -0.1) is 0 Å². The third kappa shape index (κ3) is 3.03. The molecule has 0 saturated carbocycles. The van der Waals surface area contributed by atoms with E-state index in [0.717, 1.165) is 25.4 Å². The van der Waals surface area contributed by atoms with Crippen molar-refractivity contribution in [2.24, 2.45) is 5.92 Å². The summed E-state index contributed by atoms with van der Waals surface area (Å²) in [6, 6.07) is 5.33. The second-order valence-electron chi connectivity index (χ2n) is 4.45. The first-order chi connectivity index (χ1) is 7.63. The zero-order valence-corrected chi connectivity index (χ0v) is 10.2. The van der Waals surface area contributed by atoms with E-state index in [0.29, 0.717) is 16.6 Å². The Morgan fingerprint density at radius 3 is 2.94 bits per heavy atom. The Balaban J connectivity index is 1.89. The lowest BCUT2D eigenvalue weighted by Gasteiger charge is -2.12. The zero-order chi connectivity index (χ0) is 11.5. The van der Waals surface area contributed by atoms with Crippen LogP contribution in [0.15, 0.2) is 18.2 Å². The number of ether oxygens (including phenoxy) is 1. The van der Waals surface area contributed by atoms with Crippen LogP contribution in [0.2, 0.25) is 5.02 Å². The molecule has 0 bridgehead atoms. The first-order valence-electron chi connectivity index (χ1n) is 5.51. The molecule has 4 heteroatoms. The molecular weight excluding hydrogens is 224 g/mol. The van der Waals surface area contributed by atoms with Gasteiger partial charge in [0.15, 0.2) is 0 Å². The predicted molar refractivity (Wildman–Crippen MR) is 67.0 cm³/mol. The van der Waals surface area contributed by atoms with Crippen molar-refractivity contribution in [1.82, 2.24) is 4.90 Å². The van der Waals surface area contributed by atoms with Gasteiger partial charge in [-0.3, -0.25) is 0 Å². The van der Waals surface area contributed by atoms with Crippen molar-refractivity contribution in [2.45, 2.75) is 6.42 Å². The van der Waals surface area contributed by atoms with Gasteiger partial charge in [-0.2, -0.15) is 0 Å². The minimum atomic E-state index is 0.616. The number of benzene rings is 1. The Bertz CT molecular complexity index is 350. The summed E-state index contributed by atoms with van der Waals surface area (Å²) in [6.07, 6.45) is 1.20. The highest BCUT2D eigenvalue weighted by molar-refractivity contribution is 6.31. The molecule has 16 heavy (non-hydrogen) atoms. The average Bonchev–Trinajstić information content (AvgIpc) is 2.60. The monoisotopic (exact) mass is 240 g/mol. The van der Waals surface area contributed by atoms with Gasteiger partial charge in [-0.25, -0.2) is 0 Å². The number of rotatable bonds is 3. The van der Waals surface area contributed by atoms with Crippen molar-refractivity contribution in [3.8, 4) is 5.75 Å². The molecule has 0 radical (unpaired) electrons. The summed E-state index contributed by atoms with van der Waals surface area (Å²) in [4.78, 5) is 2.32. The molecule has 0 spiro atoms. The molecule has 0 aromatic heterocycles. The molecule has 1 atom stereocenters. The molecule has 2 rings (SSSR count). The maximum absolute atomic E-state index is 5.90. The number of nitrogens with zero attached hydrogens (tertiary/aromatic N) is 1. The Morgan fingerprint density at radius 2 is 2.31 bits per heavy atom. The Hall–Kier alpha value is -0.930. The highest BCUT2D eigenvalue weighted by Gasteiger charge is 2.19. The van der Waals surface area contributed by atoms with Crippen molar-refractivity contribution in [3.05, 3.63) is 23.2 Å². The van der Waals surface area contributed by atoms with Crippen LogP contribution in [0.3, 0.4) is 0 Å². The van der Waals surface area contributed by atoms with E-state index in [1.165, 1.54) is 6.42 Å². The largest absolute Gasteiger partial charge is 0.493 e. The summed E-state index contributed by atoms with van der Waals surface area (Å²) < 4.78 is 5.71. The average molecular weight is 241 g/mol. The predicted octanol–water partition coefficient (Wildman–Crippen LogP) is 2.25. The lowest BCUT2D eigenvalue weighted by Crippen LogP contribution is -2.17. The molecule has 1 heterocycles. The van der Waals surface area contributed by atoms with Gasteiger partial charge in [0, 0.05) is 29.2 Å². The molecule has 0 amide bonds. The highest BCUT2D eigenvalue weighted by Crippen LogP contribution is 2.23. The smallest absolute Gasteiger partial charge is 0.122 e. The summed E-state index contributed by atoms with van der Waals surface area (Å²) in [5.41, 5.74) is 6.34. The van der Waals surface area contributed by atoms with Crippen LogP contribution in [0.4, 0.5) is 5.69 Å². The van der Waals surface area contributed by atoms with Gasteiger partial charge in [0.2, 0.25) is 0 Å². The quantitative estimate of drug-likeness (QED) is 0.824. The van der Waals surface area contributed by atoms with E-state index in [-0.39, 0.29) is 0 Å². The molecule has 1 saturated heterocycles. The number of nitrogens with two attached hydrogens (primary N) is 1. The van der Waals surface area contributed by atoms with E-state index in [9.17, 15) is 0 Å². The fourth-order valence-corrected chi connectivity index (χ4v) is 2.28. The van der Waals surface area contributed by atoms with Gasteiger partial charge < -0.3 is 15.4 Å². The van der Waals surface area contributed by atoms with Crippen LogP contribution in [0.5, 0.6) is 5.75 Å². The van der Waals surface area contributed by atoms with Crippen LogP contribution in [0.1, 0.15) is 6.42 Å². The minimum Gasteiger partial charge on any atom is -0.493 e. The molecule has 1 aromatic rings. The van der Waals surface area contributed by atoms with Gasteiger partial charge >= 0.3 is 0 Å². The molecule has 0 aliphatic carbocycles. The van der Waals surface area contributed by atoms with Gasteiger partial charge in [-0.05, 0) is 32.1 Å². The number of hydrogen-bond acceptors (Lipinski definition) is 3. The van der Waals surface area contributed by atoms with E-state index in [2.05, 4.69) is 11.9 Å². The second kappa shape index (κ2) is 4.93. The molecular formula is C12H17ClN2O. The van der Waals surface area contributed by atoms with Gasteiger partial charge in [-0.1, -0.05) is 11.6 Å². The molecule has 3 nitrogen and oxygen atoms in total. The highest BCUT2D eigenvalue weighted by atomic mass is 35.5. The van der Waals surface area contributed by atoms with E-state index in [1.807, 2.05) is 6.07 Å².